The van der Waals surface area contributed by atoms with Gasteiger partial charge in [-0.2, -0.15) is 0 Å². The molecule has 8 heteroatoms. The van der Waals surface area contributed by atoms with Crippen LogP contribution >= 0.6 is 23.5 Å². The molecule has 0 unspecified atom stereocenters. The molecule has 2 N–H and O–H groups in total. The van der Waals surface area contributed by atoms with Crippen LogP contribution < -0.4 is 0 Å². The van der Waals surface area contributed by atoms with E-state index in [0.29, 0.717) is 24.1 Å². The van der Waals surface area contributed by atoms with Crippen LogP contribution in [0.1, 0.15) is 36.0 Å². The summed E-state index contributed by atoms with van der Waals surface area (Å²) in [7, 11) is 0. The number of hydrogen-bond donors (Lipinski definition) is 2. The van der Waals surface area contributed by atoms with E-state index < -0.39 is 0 Å². The standard InChI is InChI=1S/C19H24N4O2S2/c1-26-18(23-19(20)27-2)17-21-10-15(22-17)16-9-8-14(25-16)12-24-11-13-6-4-3-5-7-13/h3-7,10,14,16,20H,8-9,11-12H2,1-2H3,(H,21,22)/b20-19?,23-18+/t14-,16+/m0/s1. The van der Waals surface area contributed by atoms with Crippen molar-refractivity contribution in [2.45, 2.75) is 31.7 Å². The number of aromatic nitrogens is 2. The third-order valence-electron chi connectivity index (χ3n) is 4.26. The monoisotopic (exact) mass is 404 g/mol. The first-order chi connectivity index (χ1) is 13.2. The SMILES string of the molecule is CSC(=N)/N=C(/SC)c1ncc([C@H]2CC[C@@H](COCc3ccccc3)O2)[nH]1. The van der Waals surface area contributed by atoms with Crippen LogP contribution in [0.15, 0.2) is 41.5 Å². The van der Waals surface area contributed by atoms with Gasteiger partial charge in [0.05, 0.1) is 37.3 Å². The van der Waals surface area contributed by atoms with Crippen molar-refractivity contribution in [3.8, 4) is 0 Å². The number of aliphatic imine (C=N–C) groups is 1. The Kier molecular flexibility index (Phi) is 7.51. The van der Waals surface area contributed by atoms with Crippen LogP contribution in [0.25, 0.3) is 0 Å². The maximum atomic E-state index is 7.73. The van der Waals surface area contributed by atoms with E-state index in [-0.39, 0.29) is 17.4 Å². The number of ether oxygens (including phenoxy) is 2. The fourth-order valence-corrected chi connectivity index (χ4v) is 3.60. The van der Waals surface area contributed by atoms with Crippen molar-refractivity contribution in [2.75, 3.05) is 19.1 Å². The van der Waals surface area contributed by atoms with E-state index >= 15 is 0 Å². The summed E-state index contributed by atoms with van der Waals surface area (Å²) in [6.07, 6.45) is 7.58. The fourth-order valence-electron chi connectivity index (χ4n) is 2.88. The number of imidazole rings is 1. The largest absolute Gasteiger partial charge is 0.374 e. The van der Waals surface area contributed by atoms with Crippen LogP contribution in [0.3, 0.4) is 0 Å². The molecular weight excluding hydrogens is 380 g/mol. The van der Waals surface area contributed by atoms with Gasteiger partial charge in [-0.1, -0.05) is 42.1 Å². The fraction of sp³-hybridized carbons (Fsp3) is 0.421. The normalized spacial score (nSPS) is 20.1. The van der Waals surface area contributed by atoms with Crippen molar-refractivity contribution in [1.82, 2.24) is 9.97 Å². The molecule has 0 radical (unpaired) electrons. The Balaban J connectivity index is 1.52. The van der Waals surface area contributed by atoms with Crippen molar-refractivity contribution < 1.29 is 9.47 Å². The van der Waals surface area contributed by atoms with E-state index in [0.717, 1.165) is 18.5 Å². The minimum atomic E-state index is -0.000293. The van der Waals surface area contributed by atoms with Gasteiger partial charge in [0.15, 0.2) is 11.0 Å². The van der Waals surface area contributed by atoms with Gasteiger partial charge in [0.1, 0.15) is 5.04 Å². The van der Waals surface area contributed by atoms with Crippen molar-refractivity contribution in [1.29, 1.82) is 5.41 Å². The molecule has 0 bridgehead atoms. The lowest BCUT2D eigenvalue weighted by Gasteiger charge is -2.13. The van der Waals surface area contributed by atoms with Crippen LogP contribution in [0.2, 0.25) is 0 Å². The first-order valence-corrected chi connectivity index (χ1v) is 11.2. The zero-order valence-electron chi connectivity index (χ0n) is 15.5. The molecule has 2 atom stereocenters. The molecule has 27 heavy (non-hydrogen) atoms. The maximum Gasteiger partial charge on any atom is 0.180 e. The minimum Gasteiger partial charge on any atom is -0.374 e. The first kappa shape index (κ1) is 20.1. The molecule has 1 aromatic carbocycles. The molecule has 0 amide bonds. The van der Waals surface area contributed by atoms with Crippen molar-refractivity contribution in [3.05, 3.63) is 53.6 Å². The average molecular weight is 405 g/mol. The van der Waals surface area contributed by atoms with E-state index in [1.54, 1.807) is 0 Å². The van der Waals surface area contributed by atoms with Gasteiger partial charge in [0, 0.05) is 0 Å². The first-order valence-electron chi connectivity index (χ1n) is 8.77. The second kappa shape index (κ2) is 10.1. The molecule has 0 aliphatic carbocycles. The Morgan fingerprint density at radius 2 is 2.11 bits per heavy atom. The molecule has 0 spiro atoms. The molecule has 2 aromatic rings. The van der Waals surface area contributed by atoms with E-state index in [1.165, 1.54) is 29.1 Å². The van der Waals surface area contributed by atoms with Crippen LogP contribution in [0, 0.1) is 5.41 Å². The van der Waals surface area contributed by atoms with E-state index in [4.69, 9.17) is 14.9 Å². The van der Waals surface area contributed by atoms with Crippen LogP contribution in [-0.2, 0) is 16.1 Å². The summed E-state index contributed by atoms with van der Waals surface area (Å²) in [5, 5.41) is 8.71. The van der Waals surface area contributed by atoms with Gasteiger partial charge >= 0.3 is 0 Å². The average Bonchev–Trinajstić information content (AvgIpc) is 3.36. The molecule has 6 nitrogen and oxygen atoms in total. The molecule has 144 valence electrons. The third-order valence-corrected chi connectivity index (χ3v) is 5.41. The van der Waals surface area contributed by atoms with Crippen LogP contribution in [0.4, 0.5) is 0 Å². The number of amidine groups is 1. The number of thioether (sulfide) groups is 2. The quantitative estimate of drug-likeness (QED) is 0.555. The van der Waals surface area contributed by atoms with Crippen molar-refractivity contribution in [3.63, 3.8) is 0 Å². The molecule has 1 aliphatic heterocycles. The summed E-state index contributed by atoms with van der Waals surface area (Å²) >= 11 is 2.78. The van der Waals surface area contributed by atoms with E-state index in [9.17, 15) is 0 Å². The van der Waals surface area contributed by atoms with Gasteiger partial charge in [-0.3, -0.25) is 5.41 Å². The Morgan fingerprint density at radius 1 is 1.30 bits per heavy atom. The second-order valence-corrected chi connectivity index (χ2v) is 7.73. The summed E-state index contributed by atoms with van der Waals surface area (Å²) in [6, 6.07) is 10.2. The summed E-state index contributed by atoms with van der Waals surface area (Å²) in [4.78, 5) is 12.0. The van der Waals surface area contributed by atoms with Crippen LogP contribution in [0.5, 0.6) is 0 Å². The van der Waals surface area contributed by atoms with Gasteiger partial charge in [0.2, 0.25) is 0 Å². The lowest BCUT2D eigenvalue weighted by atomic mass is 10.1. The highest BCUT2D eigenvalue weighted by Gasteiger charge is 2.28. The Bertz CT molecular complexity index is 779. The Labute approximate surface area is 168 Å². The number of hydrogen-bond acceptors (Lipinski definition) is 6. The molecule has 1 saturated heterocycles. The highest BCUT2D eigenvalue weighted by atomic mass is 32.2. The summed E-state index contributed by atoms with van der Waals surface area (Å²) < 4.78 is 11.9. The zero-order valence-corrected chi connectivity index (χ0v) is 17.1. The highest BCUT2D eigenvalue weighted by Crippen LogP contribution is 2.32. The molecule has 1 aliphatic rings. The summed E-state index contributed by atoms with van der Waals surface area (Å²) in [6.45, 7) is 1.20. The third kappa shape index (κ3) is 5.68. The molecule has 2 heterocycles. The van der Waals surface area contributed by atoms with Crippen molar-refractivity contribution in [2.24, 2.45) is 4.99 Å². The number of aromatic amines is 1. The van der Waals surface area contributed by atoms with E-state index in [1.807, 2.05) is 36.9 Å². The number of benzene rings is 1. The minimum absolute atomic E-state index is 0.000293. The molecule has 0 saturated carbocycles. The van der Waals surface area contributed by atoms with E-state index in [2.05, 4.69) is 27.1 Å². The smallest absolute Gasteiger partial charge is 0.180 e. The Morgan fingerprint density at radius 3 is 2.85 bits per heavy atom. The second-order valence-electron chi connectivity index (χ2n) is 6.14. The van der Waals surface area contributed by atoms with Gasteiger partial charge in [-0.25, -0.2) is 9.98 Å². The summed E-state index contributed by atoms with van der Waals surface area (Å²) in [5.41, 5.74) is 2.12. The number of nitrogens with zero attached hydrogens (tertiary/aromatic N) is 2. The van der Waals surface area contributed by atoms with Gasteiger partial charge in [-0.05, 0) is 30.9 Å². The van der Waals surface area contributed by atoms with Gasteiger partial charge in [-0.15, -0.1) is 11.8 Å². The van der Waals surface area contributed by atoms with Gasteiger partial charge in [0.25, 0.3) is 0 Å². The molecular formula is C19H24N4O2S2. The molecule has 3 rings (SSSR count). The predicted octanol–water partition coefficient (Wildman–Crippen LogP) is 4.25. The number of rotatable bonds is 6. The maximum absolute atomic E-state index is 7.73. The highest BCUT2D eigenvalue weighted by molar-refractivity contribution is 8.15. The number of nitrogens with one attached hydrogen (secondary N) is 2. The lowest BCUT2D eigenvalue weighted by Crippen LogP contribution is -2.15. The van der Waals surface area contributed by atoms with Gasteiger partial charge < -0.3 is 14.5 Å². The number of H-pyrrole nitrogens is 1. The lowest BCUT2D eigenvalue weighted by molar-refractivity contribution is -0.0215. The topological polar surface area (TPSA) is 83.3 Å². The molecule has 1 fully saturated rings. The van der Waals surface area contributed by atoms with Crippen LogP contribution in [-0.4, -0.2) is 45.4 Å². The Hall–Kier alpha value is -1.61. The van der Waals surface area contributed by atoms with Crippen molar-refractivity contribution >= 4 is 33.7 Å². The predicted molar refractivity (Wildman–Crippen MR) is 113 cm³/mol. The molecule has 1 aromatic heterocycles. The summed E-state index contributed by atoms with van der Waals surface area (Å²) in [5.74, 6) is 0.684. The zero-order chi connectivity index (χ0) is 19.1.